The van der Waals surface area contributed by atoms with Gasteiger partial charge >= 0.3 is 0 Å². The minimum Gasteiger partial charge on any atom is -0.371 e. The summed E-state index contributed by atoms with van der Waals surface area (Å²) in [5, 5.41) is 8.84. The Hall–Kier alpha value is -1.64. The van der Waals surface area contributed by atoms with Crippen LogP contribution < -0.4 is 0 Å². The SMILES string of the molecule is C=CC1=C(/C=C\C)C(COCO)c2ccccc21. The normalized spacial score (nSPS) is 18.4. The van der Waals surface area contributed by atoms with Crippen LogP contribution in [0.2, 0.25) is 0 Å². The van der Waals surface area contributed by atoms with Gasteiger partial charge in [-0.05, 0) is 29.2 Å². The fourth-order valence-corrected chi connectivity index (χ4v) is 2.52. The van der Waals surface area contributed by atoms with Gasteiger partial charge in [0, 0.05) is 5.92 Å². The summed E-state index contributed by atoms with van der Waals surface area (Å²) in [6, 6.07) is 8.28. The zero-order valence-corrected chi connectivity index (χ0v) is 10.6. The van der Waals surface area contributed by atoms with Crippen molar-refractivity contribution in [3.05, 3.63) is 65.8 Å². The lowest BCUT2D eigenvalue weighted by Gasteiger charge is -2.14. The summed E-state index contributed by atoms with van der Waals surface area (Å²) in [6.45, 7) is 6.15. The molecular formula is C16H18O2. The molecule has 2 heteroatoms. The molecule has 0 aliphatic heterocycles. The van der Waals surface area contributed by atoms with E-state index in [1.165, 1.54) is 16.7 Å². The molecular weight excluding hydrogens is 224 g/mol. The molecule has 18 heavy (non-hydrogen) atoms. The molecule has 1 aliphatic carbocycles. The molecule has 1 unspecified atom stereocenters. The van der Waals surface area contributed by atoms with Gasteiger partial charge in [0.2, 0.25) is 0 Å². The van der Waals surface area contributed by atoms with Crippen molar-refractivity contribution >= 4 is 5.57 Å². The van der Waals surface area contributed by atoms with E-state index in [0.29, 0.717) is 6.61 Å². The number of ether oxygens (including phenoxy) is 1. The summed E-state index contributed by atoms with van der Waals surface area (Å²) in [4.78, 5) is 0. The highest BCUT2D eigenvalue weighted by Gasteiger charge is 2.28. The van der Waals surface area contributed by atoms with Crippen molar-refractivity contribution in [2.75, 3.05) is 13.4 Å². The Balaban J connectivity index is 2.48. The molecule has 2 rings (SSSR count). The fourth-order valence-electron chi connectivity index (χ4n) is 2.52. The largest absolute Gasteiger partial charge is 0.371 e. The van der Waals surface area contributed by atoms with Crippen molar-refractivity contribution in [2.45, 2.75) is 12.8 Å². The van der Waals surface area contributed by atoms with Gasteiger partial charge in [-0.2, -0.15) is 0 Å². The Morgan fingerprint density at radius 3 is 2.83 bits per heavy atom. The minimum atomic E-state index is -0.245. The molecule has 0 saturated heterocycles. The van der Waals surface area contributed by atoms with Crippen LogP contribution in [-0.4, -0.2) is 18.5 Å². The molecule has 0 heterocycles. The monoisotopic (exact) mass is 242 g/mol. The second-order valence-corrected chi connectivity index (χ2v) is 4.21. The number of fused-ring (bicyclic) bond motifs is 1. The minimum absolute atomic E-state index is 0.178. The van der Waals surface area contributed by atoms with Crippen molar-refractivity contribution < 1.29 is 9.84 Å². The lowest BCUT2D eigenvalue weighted by atomic mass is 9.96. The van der Waals surface area contributed by atoms with Crippen LogP contribution in [0.5, 0.6) is 0 Å². The van der Waals surface area contributed by atoms with E-state index in [-0.39, 0.29) is 12.7 Å². The fraction of sp³-hybridized carbons (Fsp3) is 0.250. The number of allylic oxidation sites excluding steroid dienone is 4. The van der Waals surface area contributed by atoms with Gasteiger partial charge in [-0.1, -0.05) is 49.1 Å². The second kappa shape index (κ2) is 5.80. The average molecular weight is 242 g/mol. The van der Waals surface area contributed by atoms with Gasteiger partial charge in [-0.15, -0.1) is 0 Å². The molecule has 1 N–H and O–H groups in total. The van der Waals surface area contributed by atoms with Crippen LogP contribution in [0.15, 0.2) is 54.6 Å². The molecule has 1 aromatic rings. The van der Waals surface area contributed by atoms with Gasteiger partial charge in [-0.25, -0.2) is 0 Å². The predicted octanol–water partition coefficient (Wildman–Crippen LogP) is 3.27. The Morgan fingerprint density at radius 2 is 2.17 bits per heavy atom. The van der Waals surface area contributed by atoms with Crippen LogP contribution in [0.25, 0.3) is 5.57 Å². The summed E-state index contributed by atoms with van der Waals surface area (Å²) < 4.78 is 5.20. The standard InChI is InChI=1S/C16H18O2/c1-3-7-13-12(4-2)14-8-5-6-9-15(14)16(13)10-18-11-17/h3-9,16-17H,2,10-11H2,1H3/b7-3-. The average Bonchev–Trinajstić information content (AvgIpc) is 2.70. The Labute approximate surface area is 108 Å². The number of benzene rings is 1. The van der Waals surface area contributed by atoms with Crippen molar-refractivity contribution in [2.24, 2.45) is 0 Å². The summed E-state index contributed by atoms with van der Waals surface area (Å²) in [6.07, 6.45) is 6.02. The Morgan fingerprint density at radius 1 is 1.39 bits per heavy atom. The summed E-state index contributed by atoms with van der Waals surface area (Å²) >= 11 is 0. The number of aliphatic hydroxyl groups excluding tert-OH is 1. The number of hydrogen-bond donors (Lipinski definition) is 1. The van der Waals surface area contributed by atoms with Crippen molar-refractivity contribution in [1.82, 2.24) is 0 Å². The van der Waals surface area contributed by atoms with E-state index < -0.39 is 0 Å². The highest BCUT2D eigenvalue weighted by atomic mass is 16.6. The molecule has 1 atom stereocenters. The maximum Gasteiger partial charge on any atom is 0.143 e. The molecule has 0 aromatic heterocycles. The number of hydrogen-bond acceptors (Lipinski definition) is 2. The predicted molar refractivity (Wildman–Crippen MR) is 74.2 cm³/mol. The van der Waals surface area contributed by atoms with Gasteiger partial charge in [-0.3, -0.25) is 0 Å². The first-order valence-corrected chi connectivity index (χ1v) is 6.10. The van der Waals surface area contributed by atoms with Crippen molar-refractivity contribution in [3.8, 4) is 0 Å². The molecule has 1 aromatic carbocycles. The first-order valence-electron chi connectivity index (χ1n) is 6.10. The molecule has 0 saturated carbocycles. The van der Waals surface area contributed by atoms with Crippen LogP contribution in [0.3, 0.4) is 0 Å². The molecule has 1 aliphatic rings. The molecule has 0 bridgehead atoms. The van der Waals surface area contributed by atoms with Gasteiger partial charge in [0.15, 0.2) is 0 Å². The zero-order chi connectivity index (χ0) is 13.0. The maximum atomic E-state index is 8.84. The summed E-state index contributed by atoms with van der Waals surface area (Å²) in [5.41, 5.74) is 4.83. The molecule has 0 fully saturated rings. The van der Waals surface area contributed by atoms with Crippen LogP contribution in [0, 0.1) is 0 Å². The highest BCUT2D eigenvalue weighted by Crippen LogP contribution is 2.43. The van der Waals surface area contributed by atoms with Gasteiger partial charge in [0.25, 0.3) is 0 Å². The third-order valence-corrected chi connectivity index (χ3v) is 3.24. The van der Waals surface area contributed by atoms with Gasteiger partial charge in [0.1, 0.15) is 6.79 Å². The smallest absolute Gasteiger partial charge is 0.143 e. The molecule has 2 nitrogen and oxygen atoms in total. The maximum absolute atomic E-state index is 8.84. The second-order valence-electron chi connectivity index (χ2n) is 4.21. The lowest BCUT2D eigenvalue weighted by Crippen LogP contribution is -2.08. The van der Waals surface area contributed by atoms with E-state index in [1.54, 1.807) is 0 Å². The van der Waals surface area contributed by atoms with Gasteiger partial charge in [0.05, 0.1) is 6.61 Å². The summed E-state index contributed by atoms with van der Waals surface area (Å²) in [5.74, 6) is 0.178. The highest BCUT2D eigenvalue weighted by molar-refractivity contribution is 5.86. The van der Waals surface area contributed by atoms with Crippen LogP contribution in [-0.2, 0) is 4.74 Å². The number of rotatable bonds is 5. The van der Waals surface area contributed by atoms with E-state index in [2.05, 4.69) is 24.8 Å². The number of aliphatic hydroxyl groups is 1. The third kappa shape index (κ3) is 2.17. The topological polar surface area (TPSA) is 29.5 Å². The third-order valence-electron chi connectivity index (χ3n) is 3.24. The Bertz CT molecular complexity index is 498. The van der Waals surface area contributed by atoms with E-state index in [9.17, 15) is 0 Å². The molecule has 0 spiro atoms. The van der Waals surface area contributed by atoms with Crippen molar-refractivity contribution in [3.63, 3.8) is 0 Å². The first-order chi connectivity index (χ1) is 8.83. The summed E-state index contributed by atoms with van der Waals surface area (Å²) in [7, 11) is 0. The zero-order valence-electron chi connectivity index (χ0n) is 10.6. The van der Waals surface area contributed by atoms with Crippen molar-refractivity contribution in [1.29, 1.82) is 0 Å². The lowest BCUT2D eigenvalue weighted by molar-refractivity contribution is -0.00421. The van der Waals surface area contributed by atoms with E-state index >= 15 is 0 Å². The quantitative estimate of drug-likeness (QED) is 0.803. The molecule has 94 valence electrons. The van der Waals surface area contributed by atoms with E-state index in [4.69, 9.17) is 9.84 Å². The molecule has 0 amide bonds. The van der Waals surface area contributed by atoms with Crippen LogP contribution in [0.1, 0.15) is 24.0 Å². The van der Waals surface area contributed by atoms with Crippen LogP contribution >= 0.6 is 0 Å². The van der Waals surface area contributed by atoms with E-state index in [0.717, 1.165) is 5.57 Å². The van der Waals surface area contributed by atoms with Crippen LogP contribution in [0.4, 0.5) is 0 Å². The first kappa shape index (κ1) is 12.8. The van der Waals surface area contributed by atoms with E-state index in [1.807, 2.05) is 31.2 Å². The van der Waals surface area contributed by atoms with Gasteiger partial charge < -0.3 is 9.84 Å². The molecule has 0 radical (unpaired) electrons. The Kier molecular flexibility index (Phi) is 4.13.